The first kappa shape index (κ1) is 28.0. The van der Waals surface area contributed by atoms with Crippen LogP contribution in [0.15, 0.2) is 76.3 Å². The van der Waals surface area contributed by atoms with Crippen LogP contribution < -0.4 is 15.0 Å². The SMILES string of the molecule is CCCc1nc2ccc(Br)cc2c(=O)n1N=Cc1cc(Br)c(OCc2ccc(Br)cc2Br)c(OCC)c1. The lowest BCUT2D eigenvalue weighted by molar-refractivity contribution is 0.267. The van der Waals surface area contributed by atoms with Crippen molar-refractivity contribution >= 4 is 80.8 Å². The molecule has 4 rings (SSSR count). The first-order chi connectivity index (χ1) is 17.8. The molecule has 0 fully saturated rings. The molecule has 0 unspecified atom stereocenters. The highest BCUT2D eigenvalue weighted by molar-refractivity contribution is 9.11. The Hall–Kier alpha value is -2.01. The molecule has 6 nitrogen and oxygen atoms in total. The summed E-state index contributed by atoms with van der Waals surface area (Å²) in [5.41, 5.74) is 2.19. The molecular weight excluding hydrogens is 734 g/mol. The Labute approximate surface area is 248 Å². The number of fused-ring (bicyclic) bond motifs is 1. The Morgan fingerprint density at radius 2 is 1.70 bits per heavy atom. The van der Waals surface area contributed by atoms with Gasteiger partial charge in [-0.2, -0.15) is 9.78 Å². The van der Waals surface area contributed by atoms with Gasteiger partial charge >= 0.3 is 0 Å². The van der Waals surface area contributed by atoms with Crippen LogP contribution in [0.1, 0.15) is 37.2 Å². The van der Waals surface area contributed by atoms with Crippen molar-refractivity contribution in [2.24, 2.45) is 5.10 Å². The molecule has 0 radical (unpaired) electrons. The predicted molar refractivity (Wildman–Crippen MR) is 162 cm³/mol. The summed E-state index contributed by atoms with van der Waals surface area (Å²) >= 11 is 14.1. The number of aryl methyl sites for hydroxylation is 1. The number of rotatable bonds is 9. The van der Waals surface area contributed by atoms with Crippen LogP contribution in [0.25, 0.3) is 10.9 Å². The molecular formula is C27H23Br4N3O3. The molecule has 0 saturated heterocycles. The van der Waals surface area contributed by atoms with Gasteiger partial charge in [0.05, 0.1) is 28.2 Å². The summed E-state index contributed by atoms with van der Waals surface area (Å²) in [4.78, 5) is 18.0. The molecule has 37 heavy (non-hydrogen) atoms. The van der Waals surface area contributed by atoms with Crippen molar-refractivity contribution in [3.8, 4) is 11.5 Å². The van der Waals surface area contributed by atoms with Gasteiger partial charge < -0.3 is 9.47 Å². The second-order valence-corrected chi connectivity index (χ2v) is 11.6. The monoisotopic (exact) mass is 753 g/mol. The van der Waals surface area contributed by atoms with Crippen molar-refractivity contribution in [1.29, 1.82) is 0 Å². The van der Waals surface area contributed by atoms with Crippen LogP contribution in [0.4, 0.5) is 0 Å². The molecule has 0 bridgehead atoms. The first-order valence-electron chi connectivity index (χ1n) is 11.6. The highest BCUT2D eigenvalue weighted by Gasteiger charge is 2.14. The number of aromatic nitrogens is 2. The van der Waals surface area contributed by atoms with Gasteiger partial charge in [-0.25, -0.2) is 4.98 Å². The summed E-state index contributed by atoms with van der Waals surface area (Å²) in [6, 6.07) is 15.2. The van der Waals surface area contributed by atoms with Crippen LogP contribution in [0.2, 0.25) is 0 Å². The molecule has 0 N–H and O–H groups in total. The van der Waals surface area contributed by atoms with Crippen LogP contribution in [-0.2, 0) is 13.0 Å². The number of hydrogen-bond donors (Lipinski definition) is 0. The van der Waals surface area contributed by atoms with Gasteiger partial charge in [-0.1, -0.05) is 60.8 Å². The van der Waals surface area contributed by atoms with E-state index in [1.807, 2.05) is 56.3 Å². The molecule has 0 aliphatic carbocycles. The van der Waals surface area contributed by atoms with Crippen molar-refractivity contribution in [3.05, 3.63) is 93.7 Å². The fourth-order valence-electron chi connectivity index (χ4n) is 3.68. The zero-order chi connectivity index (χ0) is 26.5. The third kappa shape index (κ3) is 6.71. The predicted octanol–water partition coefficient (Wildman–Crippen LogP) is 8.26. The van der Waals surface area contributed by atoms with Crippen molar-refractivity contribution < 1.29 is 9.47 Å². The van der Waals surface area contributed by atoms with Gasteiger partial charge in [-0.05, 0) is 77.3 Å². The van der Waals surface area contributed by atoms with Crippen LogP contribution in [-0.4, -0.2) is 22.5 Å². The van der Waals surface area contributed by atoms with E-state index in [-0.39, 0.29) is 5.56 Å². The van der Waals surface area contributed by atoms with E-state index < -0.39 is 0 Å². The second-order valence-electron chi connectivity index (χ2n) is 8.09. The van der Waals surface area contributed by atoms with E-state index in [9.17, 15) is 4.79 Å². The number of hydrogen-bond acceptors (Lipinski definition) is 5. The topological polar surface area (TPSA) is 65.7 Å². The molecule has 0 amide bonds. The van der Waals surface area contributed by atoms with Gasteiger partial charge in [0.25, 0.3) is 5.56 Å². The molecule has 10 heteroatoms. The van der Waals surface area contributed by atoms with Gasteiger partial charge in [0, 0.05) is 25.4 Å². The minimum atomic E-state index is -0.213. The maximum absolute atomic E-state index is 13.3. The van der Waals surface area contributed by atoms with Crippen molar-refractivity contribution in [2.45, 2.75) is 33.3 Å². The molecule has 1 aromatic heterocycles. The molecule has 0 aliphatic rings. The maximum atomic E-state index is 13.3. The summed E-state index contributed by atoms with van der Waals surface area (Å²) in [5.74, 6) is 1.78. The highest BCUT2D eigenvalue weighted by atomic mass is 79.9. The van der Waals surface area contributed by atoms with E-state index in [0.29, 0.717) is 47.9 Å². The Balaban J connectivity index is 1.68. The number of nitrogens with zero attached hydrogens (tertiary/aromatic N) is 3. The zero-order valence-electron chi connectivity index (χ0n) is 20.1. The second kappa shape index (κ2) is 12.7. The first-order valence-corrected chi connectivity index (χ1v) is 14.8. The third-order valence-corrected chi connectivity index (χ3v) is 7.70. The fourth-order valence-corrected chi connectivity index (χ4v) is 5.77. The van der Waals surface area contributed by atoms with Gasteiger partial charge in [0.2, 0.25) is 0 Å². The third-order valence-electron chi connectivity index (χ3n) is 5.39. The van der Waals surface area contributed by atoms with E-state index in [0.717, 1.165) is 35.4 Å². The van der Waals surface area contributed by atoms with Crippen molar-refractivity contribution in [1.82, 2.24) is 9.66 Å². The summed E-state index contributed by atoms with van der Waals surface area (Å²) < 4.78 is 16.9. The Morgan fingerprint density at radius 3 is 2.43 bits per heavy atom. The van der Waals surface area contributed by atoms with Gasteiger partial charge in [0.1, 0.15) is 12.4 Å². The van der Waals surface area contributed by atoms with Crippen LogP contribution in [0, 0.1) is 0 Å². The van der Waals surface area contributed by atoms with E-state index in [1.165, 1.54) is 4.68 Å². The lowest BCUT2D eigenvalue weighted by Gasteiger charge is -2.15. The smallest absolute Gasteiger partial charge is 0.282 e. The lowest BCUT2D eigenvalue weighted by Crippen LogP contribution is -2.22. The van der Waals surface area contributed by atoms with E-state index in [2.05, 4.69) is 68.8 Å². The normalized spacial score (nSPS) is 11.4. The lowest BCUT2D eigenvalue weighted by atomic mass is 10.2. The molecule has 0 spiro atoms. The van der Waals surface area contributed by atoms with Gasteiger partial charge in [-0.15, -0.1) is 0 Å². The van der Waals surface area contributed by atoms with Gasteiger partial charge in [-0.3, -0.25) is 4.79 Å². The quantitative estimate of drug-likeness (QED) is 0.162. The Morgan fingerprint density at radius 1 is 0.946 bits per heavy atom. The standard InChI is InChI=1S/C27H23Br4N3O3/c1-3-5-25-33-23-9-8-18(28)12-20(23)27(35)34(25)32-14-16-10-22(31)26(24(11-16)36-4-2)37-15-17-6-7-19(29)13-21(17)30/h6-14H,3-5,15H2,1-2H3. The zero-order valence-corrected chi connectivity index (χ0v) is 26.4. The number of halogens is 4. The molecule has 0 atom stereocenters. The minimum absolute atomic E-state index is 0.213. The van der Waals surface area contributed by atoms with E-state index in [4.69, 9.17) is 14.5 Å². The van der Waals surface area contributed by atoms with Crippen molar-refractivity contribution in [3.63, 3.8) is 0 Å². The fraction of sp³-hybridized carbons (Fsp3) is 0.222. The Kier molecular flexibility index (Phi) is 9.61. The molecule has 3 aromatic carbocycles. The van der Waals surface area contributed by atoms with Crippen molar-refractivity contribution in [2.75, 3.05) is 6.61 Å². The average molecular weight is 757 g/mol. The molecule has 1 heterocycles. The molecule has 4 aromatic rings. The van der Waals surface area contributed by atoms with Gasteiger partial charge in [0.15, 0.2) is 11.5 Å². The van der Waals surface area contributed by atoms with Crippen LogP contribution in [0.3, 0.4) is 0 Å². The minimum Gasteiger partial charge on any atom is -0.490 e. The molecule has 0 aliphatic heterocycles. The average Bonchev–Trinajstić information content (AvgIpc) is 2.85. The maximum Gasteiger partial charge on any atom is 0.282 e. The summed E-state index contributed by atoms with van der Waals surface area (Å²) in [5, 5.41) is 5.04. The molecule has 0 saturated carbocycles. The number of benzene rings is 3. The van der Waals surface area contributed by atoms with Crippen LogP contribution >= 0.6 is 63.7 Å². The van der Waals surface area contributed by atoms with E-state index >= 15 is 0 Å². The summed E-state index contributed by atoms with van der Waals surface area (Å²) in [6.07, 6.45) is 3.10. The summed E-state index contributed by atoms with van der Waals surface area (Å²) in [7, 11) is 0. The Bertz CT molecular complexity index is 1540. The highest BCUT2D eigenvalue weighted by Crippen LogP contribution is 2.37. The summed E-state index contributed by atoms with van der Waals surface area (Å²) in [6.45, 7) is 4.78. The largest absolute Gasteiger partial charge is 0.490 e. The van der Waals surface area contributed by atoms with Crippen LogP contribution in [0.5, 0.6) is 11.5 Å². The molecule has 192 valence electrons. The van der Waals surface area contributed by atoms with E-state index in [1.54, 1.807) is 12.3 Å². The number of ether oxygens (including phenoxy) is 2.